The Kier molecular flexibility index (Phi) is 4.61. The third-order valence-corrected chi connectivity index (χ3v) is 3.76. The van der Waals surface area contributed by atoms with Gasteiger partial charge in [-0.2, -0.15) is 0 Å². The van der Waals surface area contributed by atoms with Gasteiger partial charge < -0.3 is 4.74 Å². The van der Waals surface area contributed by atoms with Crippen LogP contribution >= 0.6 is 15.9 Å². The summed E-state index contributed by atoms with van der Waals surface area (Å²) in [6.07, 6.45) is 0. The van der Waals surface area contributed by atoms with Crippen LogP contribution in [0, 0.1) is 20.8 Å². The summed E-state index contributed by atoms with van der Waals surface area (Å²) in [4.78, 5) is 12.1. The number of rotatable bonds is 4. The zero-order valence-corrected chi connectivity index (χ0v) is 13.5. The quantitative estimate of drug-likeness (QED) is 0.762. The molecular weight excluding hydrogens is 316 g/mol. The van der Waals surface area contributed by atoms with Crippen LogP contribution in [0.3, 0.4) is 0 Å². The lowest BCUT2D eigenvalue weighted by molar-refractivity contribution is 0.0921. The van der Waals surface area contributed by atoms with Crippen molar-refractivity contribution in [1.29, 1.82) is 0 Å². The Morgan fingerprint density at radius 1 is 1.15 bits per heavy atom. The molecule has 0 fully saturated rings. The molecule has 0 spiro atoms. The molecule has 0 bridgehead atoms. The second kappa shape index (κ2) is 6.23. The summed E-state index contributed by atoms with van der Waals surface area (Å²) < 4.78 is 6.58. The van der Waals surface area contributed by atoms with Crippen LogP contribution in [0.25, 0.3) is 0 Å². The van der Waals surface area contributed by atoms with Crippen molar-refractivity contribution in [2.24, 2.45) is 0 Å². The van der Waals surface area contributed by atoms with E-state index in [2.05, 4.69) is 22.0 Å². The zero-order valence-electron chi connectivity index (χ0n) is 11.9. The lowest BCUT2D eigenvalue weighted by Gasteiger charge is -2.12. The Labute approximate surface area is 127 Å². The van der Waals surface area contributed by atoms with Crippen molar-refractivity contribution in [2.45, 2.75) is 20.8 Å². The zero-order chi connectivity index (χ0) is 14.7. The van der Waals surface area contributed by atoms with Crippen LogP contribution in [-0.4, -0.2) is 12.4 Å². The molecule has 0 amide bonds. The highest BCUT2D eigenvalue weighted by Crippen LogP contribution is 2.23. The molecule has 0 N–H and O–H groups in total. The molecule has 0 unspecified atom stereocenters. The molecule has 3 heteroatoms. The van der Waals surface area contributed by atoms with E-state index in [0.717, 1.165) is 21.3 Å². The predicted molar refractivity (Wildman–Crippen MR) is 84.6 cm³/mol. The van der Waals surface area contributed by atoms with Gasteiger partial charge in [-0.15, -0.1) is 0 Å². The fourth-order valence-electron chi connectivity index (χ4n) is 2.04. The molecule has 0 saturated carbocycles. The molecule has 0 saturated heterocycles. The van der Waals surface area contributed by atoms with Crippen LogP contribution in [0.4, 0.5) is 0 Å². The van der Waals surface area contributed by atoms with Gasteiger partial charge in [0.25, 0.3) is 0 Å². The van der Waals surface area contributed by atoms with Crippen molar-refractivity contribution in [3.8, 4) is 5.75 Å². The summed E-state index contributed by atoms with van der Waals surface area (Å²) in [6, 6.07) is 11.4. The van der Waals surface area contributed by atoms with Gasteiger partial charge in [0, 0.05) is 10.0 Å². The van der Waals surface area contributed by atoms with Gasteiger partial charge in [-0.05, 0) is 55.7 Å². The van der Waals surface area contributed by atoms with Crippen molar-refractivity contribution in [2.75, 3.05) is 6.61 Å². The molecule has 0 aliphatic heterocycles. The molecule has 2 aromatic carbocycles. The van der Waals surface area contributed by atoms with Gasteiger partial charge in [0.05, 0.1) is 0 Å². The molecule has 20 heavy (non-hydrogen) atoms. The van der Waals surface area contributed by atoms with Gasteiger partial charge in [0.1, 0.15) is 5.75 Å². The van der Waals surface area contributed by atoms with E-state index in [1.54, 1.807) is 12.1 Å². The molecule has 0 radical (unpaired) electrons. The van der Waals surface area contributed by atoms with E-state index in [9.17, 15) is 4.79 Å². The lowest BCUT2D eigenvalue weighted by atomic mass is 10.1. The highest BCUT2D eigenvalue weighted by atomic mass is 79.9. The standard InChI is InChI=1S/C17H17BrO2/c1-11-7-12(2)13(3)17(8-11)20-10-16(19)14-5-4-6-15(18)9-14/h4-9H,10H2,1-3H3. The third kappa shape index (κ3) is 3.48. The SMILES string of the molecule is Cc1cc(C)c(C)c(OCC(=O)c2cccc(Br)c2)c1. The highest BCUT2D eigenvalue weighted by Gasteiger charge is 2.09. The molecule has 104 valence electrons. The fraction of sp³-hybridized carbons (Fsp3) is 0.235. The topological polar surface area (TPSA) is 26.3 Å². The Morgan fingerprint density at radius 2 is 1.90 bits per heavy atom. The maximum absolute atomic E-state index is 12.1. The predicted octanol–water partition coefficient (Wildman–Crippen LogP) is 4.64. The minimum Gasteiger partial charge on any atom is -0.485 e. The molecule has 2 rings (SSSR count). The summed E-state index contributed by atoms with van der Waals surface area (Å²) in [6.45, 7) is 6.13. The first-order valence-electron chi connectivity index (χ1n) is 6.47. The van der Waals surface area contributed by atoms with Crippen molar-refractivity contribution >= 4 is 21.7 Å². The van der Waals surface area contributed by atoms with Crippen LogP contribution in [0.5, 0.6) is 5.75 Å². The second-order valence-electron chi connectivity index (χ2n) is 4.93. The van der Waals surface area contributed by atoms with E-state index < -0.39 is 0 Å². The minimum absolute atomic E-state index is 0.0233. The highest BCUT2D eigenvalue weighted by molar-refractivity contribution is 9.10. The van der Waals surface area contributed by atoms with E-state index in [4.69, 9.17) is 4.74 Å². The number of halogens is 1. The average molecular weight is 333 g/mol. The summed E-state index contributed by atoms with van der Waals surface area (Å²) in [5.74, 6) is 0.760. The number of aryl methyl sites for hydroxylation is 2. The van der Waals surface area contributed by atoms with Gasteiger partial charge >= 0.3 is 0 Å². The minimum atomic E-state index is -0.0233. The number of benzene rings is 2. The maximum Gasteiger partial charge on any atom is 0.200 e. The monoisotopic (exact) mass is 332 g/mol. The van der Waals surface area contributed by atoms with Crippen LogP contribution in [0.1, 0.15) is 27.0 Å². The first-order valence-corrected chi connectivity index (χ1v) is 7.26. The first-order chi connectivity index (χ1) is 9.47. The van der Waals surface area contributed by atoms with Crippen molar-refractivity contribution in [3.05, 3.63) is 63.1 Å². The van der Waals surface area contributed by atoms with E-state index >= 15 is 0 Å². The van der Waals surface area contributed by atoms with E-state index in [1.807, 2.05) is 39.0 Å². The van der Waals surface area contributed by atoms with Gasteiger partial charge in [-0.1, -0.05) is 34.1 Å². The number of hydrogen-bond acceptors (Lipinski definition) is 2. The average Bonchev–Trinajstić information content (AvgIpc) is 2.40. The summed E-state index contributed by atoms with van der Waals surface area (Å²) in [5, 5.41) is 0. The van der Waals surface area contributed by atoms with Crippen molar-refractivity contribution < 1.29 is 9.53 Å². The van der Waals surface area contributed by atoms with Crippen molar-refractivity contribution in [3.63, 3.8) is 0 Å². The molecule has 0 aromatic heterocycles. The number of carbonyl (C=O) groups excluding carboxylic acids is 1. The number of Topliss-reactive ketones (excluding diaryl/α,β-unsaturated/α-hetero) is 1. The largest absolute Gasteiger partial charge is 0.485 e. The van der Waals surface area contributed by atoms with E-state index in [1.165, 1.54) is 5.56 Å². The summed E-state index contributed by atoms with van der Waals surface area (Å²) in [5.41, 5.74) is 4.05. The second-order valence-corrected chi connectivity index (χ2v) is 5.84. The van der Waals surface area contributed by atoms with Crippen LogP contribution < -0.4 is 4.74 Å². The van der Waals surface area contributed by atoms with Crippen molar-refractivity contribution in [1.82, 2.24) is 0 Å². The smallest absolute Gasteiger partial charge is 0.200 e. The molecule has 0 aliphatic carbocycles. The van der Waals surface area contributed by atoms with Gasteiger partial charge in [-0.25, -0.2) is 0 Å². The molecular formula is C17H17BrO2. The number of ether oxygens (including phenoxy) is 1. The number of ketones is 1. The maximum atomic E-state index is 12.1. The molecule has 0 atom stereocenters. The lowest BCUT2D eigenvalue weighted by Crippen LogP contribution is -2.12. The Morgan fingerprint density at radius 3 is 2.60 bits per heavy atom. The normalized spacial score (nSPS) is 10.4. The number of carbonyl (C=O) groups is 1. The molecule has 2 nitrogen and oxygen atoms in total. The summed E-state index contributed by atoms with van der Waals surface area (Å²) >= 11 is 3.36. The van der Waals surface area contributed by atoms with Gasteiger partial charge in [0.2, 0.25) is 0 Å². The van der Waals surface area contributed by atoms with E-state index in [0.29, 0.717) is 5.56 Å². The Balaban J connectivity index is 2.11. The molecule has 0 heterocycles. The van der Waals surface area contributed by atoms with Gasteiger partial charge in [-0.3, -0.25) is 4.79 Å². The Hall–Kier alpha value is -1.61. The summed E-state index contributed by atoms with van der Waals surface area (Å²) in [7, 11) is 0. The van der Waals surface area contributed by atoms with Crippen LogP contribution in [0.2, 0.25) is 0 Å². The van der Waals surface area contributed by atoms with E-state index in [-0.39, 0.29) is 12.4 Å². The molecule has 0 aliphatic rings. The molecule has 2 aromatic rings. The first kappa shape index (κ1) is 14.8. The van der Waals surface area contributed by atoms with Crippen LogP contribution in [-0.2, 0) is 0 Å². The third-order valence-electron chi connectivity index (χ3n) is 3.27. The van der Waals surface area contributed by atoms with Gasteiger partial charge in [0.15, 0.2) is 12.4 Å². The number of hydrogen-bond donors (Lipinski definition) is 0. The van der Waals surface area contributed by atoms with Crippen LogP contribution in [0.15, 0.2) is 40.9 Å². The Bertz CT molecular complexity index is 647. The fourth-order valence-corrected chi connectivity index (χ4v) is 2.44.